The lowest BCUT2D eigenvalue weighted by atomic mass is 10.1. The predicted octanol–water partition coefficient (Wildman–Crippen LogP) is 4.58. The second-order valence-corrected chi connectivity index (χ2v) is 5.96. The second kappa shape index (κ2) is 12.4. The standard InChI is InChI=1S/C16H28F5NO2/c17-15(18,16(19,20)21)11-9-12-22-14(24)10-7-5-3-1-2-4-6-8-13-23/h23H,1-13H2,(H,22,24). The molecule has 0 fully saturated rings. The monoisotopic (exact) mass is 361 g/mol. The van der Waals surface area contributed by atoms with Gasteiger partial charge in [-0.15, -0.1) is 0 Å². The summed E-state index contributed by atoms with van der Waals surface area (Å²) in [5.74, 6) is -5.01. The highest BCUT2D eigenvalue weighted by molar-refractivity contribution is 5.75. The molecule has 0 bridgehead atoms. The Morgan fingerprint density at radius 2 is 1.29 bits per heavy atom. The molecule has 1 amide bonds. The number of carbonyl (C=O) groups excluding carboxylic acids is 1. The molecular weight excluding hydrogens is 333 g/mol. The highest BCUT2D eigenvalue weighted by Crippen LogP contribution is 2.38. The van der Waals surface area contributed by atoms with Crippen LogP contribution in [0, 0.1) is 0 Å². The molecule has 0 aromatic carbocycles. The smallest absolute Gasteiger partial charge is 0.396 e. The molecule has 24 heavy (non-hydrogen) atoms. The van der Waals surface area contributed by atoms with Gasteiger partial charge in [0, 0.05) is 26.0 Å². The van der Waals surface area contributed by atoms with Crippen molar-refractivity contribution in [1.82, 2.24) is 5.32 Å². The van der Waals surface area contributed by atoms with E-state index >= 15 is 0 Å². The SMILES string of the molecule is O=C(CCCCCCCCCCO)NCCCC(F)(F)C(F)(F)F. The maximum atomic E-state index is 12.6. The third-order valence-corrected chi connectivity index (χ3v) is 3.72. The molecule has 0 aromatic rings. The number of nitrogens with one attached hydrogen (secondary N) is 1. The molecule has 0 heterocycles. The number of carbonyl (C=O) groups is 1. The summed E-state index contributed by atoms with van der Waals surface area (Å²) < 4.78 is 61.0. The Morgan fingerprint density at radius 1 is 0.792 bits per heavy atom. The molecule has 0 rings (SSSR count). The van der Waals surface area contributed by atoms with Crippen LogP contribution in [0.1, 0.15) is 70.6 Å². The van der Waals surface area contributed by atoms with Crippen molar-refractivity contribution in [2.75, 3.05) is 13.2 Å². The van der Waals surface area contributed by atoms with Crippen LogP contribution in [0.4, 0.5) is 22.0 Å². The minimum Gasteiger partial charge on any atom is -0.396 e. The molecular formula is C16H28F5NO2. The summed E-state index contributed by atoms with van der Waals surface area (Å²) in [5.41, 5.74) is 0. The van der Waals surface area contributed by atoms with Crippen LogP contribution in [0.2, 0.25) is 0 Å². The molecule has 8 heteroatoms. The number of amides is 1. The van der Waals surface area contributed by atoms with Gasteiger partial charge in [0.2, 0.25) is 5.91 Å². The van der Waals surface area contributed by atoms with Crippen molar-refractivity contribution in [3.63, 3.8) is 0 Å². The average molecular weight is 361 g/mol. The third kappa shape index (κ3) is 11.6. The average Bonchev–Trinajstić information content (AvgIpc) is 2.49. The first-order chi connectivity index (χ1) is 11.2. The minimum atomic E-state index is -5.53. The number of halogens is 5. The fourth-order valence-electron chi connectivity index (χ4n) is 2.23. The van der Waals surface area contributed by atoms with Crippen LogP contribution in [0.3, 0.4) is 0 Å². The van der Waals surface area contributed by atoms with Crippen molar-refractivity contribution in [3.05, 3.63) is 0 Å². The maximum absolute atomic E-state index is 12.6. The van der Waals surface area contributed by atoms with E-state index in [9.17, 15) is 26.7 Å². The molecule has 0 aromatic heterocycles. The van der Waals surface area contributed by atoms with E-state index in [2.05, 4.69) is 5.32 Å². The van der Waals surface area contributed by atoms with Gasteiger partial charge in [-0.3, -0.25) is 4.79 Å². The highest BCUT2D eigenvalue weighted by Gasteiger charge is 2.56. The predicted molar refractivity (Wildman–Crippen MR) is 81.9 cm³/mol. The number of alkyl halides is 5. The van der Waals surface area contributed by atoms with E-state index in [4.69, 9.17) is 5.11 Å². The Balaban J connectivity index is 3.48. The maximum Gasteiger partial charge on any atom is 0.453 e. The Morgan fingerprint density at radius 3 is 1.79 bits per heavy atom. The Bertz CT molecular complexity index is 335. The van der Waals surface area contributed by atoms with Crippen LogP contribution in [-0.2, 0) is 4.79 Å². The largest absolute Gasteiger partial charge is 0.453 e. The summed E-state index contributed by atoms with van der Waals surface area (Å²) in [7, 11) is 0. The first kappa shape index (κ1) is 23.1. The molecule has 3 nitrogen and oxygen atoms in total. The zero-order chi connectivity index (χ0) is 18.5. The molecule has 0 saturated carbocycles. The summed E-state index contributed by atoms with van der Waals surface area (Å²) in [6, 6.07) is 0. The third-order valence-electron chi connectivity index (χ3n) is 3.72. The van der Waals surface area contributed by atoms with Gasteiger partial charge >= 0.3 is 12.1 Å². The molecule has 0 aliphatic heterocycles. The number of aliphatic hydroxyl groups is 1. The van der Waals surface area contributed by atoms with Gasteiger partial charge in [0.05, 0.1) is 0 Å². The summed E-state index contributed by atoms with van der Waals surface area (Å²) in [5, 5.41) is 11.0. The van der Waals surface area contributed by atoms with Gasteiger partial charge in [0.25, 0.3) is 0 Å². The van der Waals surface area contributed by atoms with Crippen molar-refractivity contribution < 1.29 is 31.9 Å². The van der Waals surface area contributed by atoms with Crippen LogP contribution in [-0.4, -0.2) is 36.3 Å². The molecule has 0 unspecified atom stereocenters. The van der Waals surface area contributed by atoms with E-state index in [-0.39, 0.29) is 25.5 Å². The van der Waals surface area contributed by atoms with E-state index in [1.54, 1.807) is 0 Å². The first-order valence-corrected chi connectivity index (χ1v) is 8.53. The lowest BCUT2D eigenvalue weighted by Crippen LogP contribution is -2.37. The molecule has 0 aliphatic rings. The van der Waals surface area contributed by atoms with Crippen molar-refractivity contribution in [2.24, 2.45) is 0 Å². The minimum absolute atomic E-state index is 0.171. The van der Waals surface area contributed by atoms with E-state index in [1.165, 1.54) is 0 Å². The lowest BCUT2D eigenvalue weighted by Gasteiger charge is -2.19. The molecule has 0 aliphatic carbocycles. The molecule has 0 atom stereocenters. The molecule has 0 spiro atoms. The Kier molecular flexibility index (Phi) is 12.0. The van der Waals surface area contributed by atoms with Crippen LogP contribution in [0.15, 0.2) is 0 Å². The number of rotatable bonds is 14. The van der Waals surface area contributed by atoms with E-state index < -0.39 is 24.9 Å². The van der Waals surface area contributed by atoms with Crippen LogP contribution >= 0.6 is 0 Å². The molecule has 144 valence electrons. The summed E-state index contributed by atoms with van der Waals surface area (Å²) in [4.78, 5) is 11.4. The summed E-state index contributed by atoms with van der Waals surface area (Å²) in [6.45, 7) is 0.0539. The van der Waals surface area contributed by atoms with Gasteiger partial charge < -0.3 is 10.4 Å². The van der Waals surface area contributed by atoms with Gasteiger partial charge in [0.15, 0.2) is 0 Å². The van der Waals surface area contributed by atoms with Gasteiger partial charge in [-0.25, -0.2) is 0 Å². The van der Waals surface area contributed by atoms with Crippen LogP contribution in [0.25, 0.3) is 0 Å². The van der Waals surface area contributed by atoms with E-state index in [0.29, 0.717) is 6.42 Å². The number of hydrogen-bond acceptors (Lipinski definition) is 2. The molecule has 2 N–H and O–H groups in total. The van der Waals surface area contributed by atoms with Crippen molar-refractivity contribution in [2.45, 2.75) is 82.7 Å². The van der Waals surface area contributed by atoms with Crippen molar-refractivity contribution >= 4 is 5.91 Å². The number of unbranched alkanes of at least 4 members (excludes halogenated alkanes) is 7. The van der Waals surface area contributed by atoms with Gasteiger partial charge in [-0.05, 0) is 19.3 Å². The topological polar surface area (TPSA) is 49.3 Å². The Hall–Kier alpha value is -0.920. The van der Waals surface area contributed by atoms with Crippen LogP contribution < -0.4 is 5.32 Å². The van der Waals surface area contributed by atoms with Crippen molar-refractivity contribution in [1.29, 1.82) is 0 Å². The van der Waals surface area contributed by atoms with E-state index in [1.807, 2.05) is 0 Å². The highest BCUT2D eigenvalue weighted by atomic mass is 19.4. The zero-order valence-electron chi connectivity index (χ0n) is 13.9. The zero-order valence-corrected chi connectivity index (χ0v) is 13.9. The van der Waals surface area contributed by atoms with E-state index in [0.717, 1.165) is 44.9 Å². The second-order valence-electron chi connectivity index (χ2n) is 5.96. The Labute approximate surface area is 140 Å². The molecule has 0 saturated heterocycles. The van der Waals surface area contributed by atoms with Crippen LogP contribution in [0.5, 0.6) is 0 Å². The van der Waals surface area contributed by atoms with Crippen molar-refractivity contribution in [3.8, 4) is 0 Å². The van der Waals surface area contributed by atoms with Gasteiger partial charge in [0.1, 0.15) is 0 Å². The lowest BCUT2D eigenvalue weighted by molar-refractivity contribution is -0.284. The summed E-state index contributed by atoms with van der Waals surface area (Å²) >= 11 is 0. The summed E-state index contributed by atoms with van der Waals surface area (Å²) in [6.07, 6.45) is 0.684. The van der Waals surface area contributed by atoms with Gasteiger partial charge in [-0.2, -0.15) is 22.0 Å². The fraction of sp³-hybridized carbons (Fsp3) is 0.938. The van der Waals surface area contributed by atoms with Gasteiger partial charge in [-0.1, -0.05) is 38.5 Å². The number of hydrogen-bond donors (Lipinski definition) is 2. The quantitative estimate of drug-likeness (QED) is 0.351. The normalized spacial score (nSPS) is 12.4. The first-order valence-electron chi connectivity index (χ1n) is 8.53. The number of aliphatic hydroxyl groups excluding tert-OH is 1. The molecule has 0 radical (unpaired) electrons. The fourth-order valence-corrected chi connectivity index (χ4v) is 2.23.